The van der Waals surface area contributed by atoms with Crippen molar-refractivity contribution in [3.05, 3.63) is 30.1 Å². The number of alkyl carbamates (subject to hydrolysis) is 1. The van der Waals surface area contributed by atoms with E-state index in [1.165, 1.54) is 0 Å². The van der Waals surface area contributed by atoms with Crippen LogP contribution < -0.4 is 11.1 Å². The second kappa shape index (κ2) is 9.81. The van der Waals surface area contributed by atoms with Crippen LogP contribution in [0.1, 0.15) is 18.7 Å². The molecule has 3 N–H and O–H groups in total. The molecule has 0 fully saturated rings. The summed E-state index contributed by atoms with van der Waals surface area (Å²) < 4.78 is 47.2. The summed E-state index contributed by atoms with van der Waals surface area (Å²) in [6.07, 6.45) is -5.13. The Kier molecular flexibility index (Phi) is 7.13. The number of hydrogen-bond acceptors (Lipinski definition) is 7. The summed E-state index contributed by atoms with van der Waals surface area (Å²) in [6, 6.07) is 7.54. The molecule has 0 bridgehead atoms. The maximum Gasteiger partial charge on any atom is 0.491 e. The molecule has 1 amide bonds. The molecule has 9 nitrogen and oxygen atoms in total. The van der Waals surface area contributed by atoms with E-state index in [0.717, 1.165) is 22.2 Å². The highest BCUT2D eigenvalue weighted by Crippen LogP contribution is 2.29. The number of halogens is 3. The number of para-hydroxylation sites is 1. The van der Waals surface area contributed by atoms with Gasteiger partial charge in [-0.3, -0.25) is 0 Å². The highest BCUT2D eigenvalue weighted by molar-refractivity contribution is 6.06. The summed E-state index contributed by atoms with van der Waals surface area (Å²) in [6.45, 7) is 1.00. The number of aryl methyl sites for hydroxylation is 1. The fourth-order valence-electron chi connectivity index (χ4n) is 3.29. The van der Waals surface area contributed by atoms with E-state index in [-0.39, 0.29) is 6.54 Å². The molecule has 0 saturated heterocycles. The number of nitrogens with two attached hydrogens (primary N) is 1. The number of methoxy groups -OCH3 is 1. The first-order valence-corrected chi connectivity index (χ1v) is 9.81. The highest BCUT2D eigenvalue weighted by atomic mass is 19.4. The van der Waals surface area contributed by atoms with E-state index in [1.54, 1.807) is 7.11 Å². The first-order chi connectivity index (χ1) is 15.2. The Labute approximate surface area is 180 Å². The predicted octanol–water partition coefficient (Wildman–Crippen LogP) is 2.95. The van der Waals surface area contributed by atoms with Gasteiger partial charge in [0, 0.05) is 32.0 Å². The number of rotatable bonds is 8. The molecule has 3 rings (SSSR count). The normalized spacial score (nSPS) is 11.8. The van der Waals surface area contributed by atoms with Gasteiger partial charge in [-0.15, -0.1) is 0 Å². The fourth-order valence-corrected chi connectivity index (χ4v) is 3.29. The number of fused-ring (bicyclic) bond motifs is 3. The minimum atomic E-state index is -5.22. The van der Waals surface area contributed by atoms with Crippen LogP contribution in [0.2, 0.25) is 0 Å². The van der Waals surface area contributed by atoms with E-state index in [1.807, 2.05) is 28.8 Å². The van der Waals surface area contributed by atoms with Gasteiger partial charge >= 0.3 is 18.2 Å². The number of carbonyl (C=O) groups excluding carboxylic acids is 2. The van der Waals surface area contributed by atoms with Crippen molar-refractivity contribution in [2.24, 2.45) is 0 Å². The lowest BCUT2D eigenvalue weighted by molar-refractivity contribution is -0.192. The molecule has 12 heteroatoms. The summed E-state index contributed by atoms with van der Waals surface area (Å²) >= 11 is 0. The van der Waals surface area contributed by atoms with Gasteiger partial charge < -0.3 is 25.1 Å². The standard InChI is InChI=1S/C20H22F3N5O4/c1-31-11-8-14-27-15-16(12-6-2-3-7-13(12)26-17(15)24)28(14)10-5-4-9-25-19(30)32-18(29)20(21,22)23/h2-3,6-7H,4-5,8-11H2,1H3,(H2,24,26)(H,25,30). The molecule has 0 aliphatic rings. The second-order valence-corrected chi connectivity index (χ2v) is 6.94. The summed E-state index contributed by atoms with van der Waals surface area (Å²) in [5.74, 6) is -1.48. The van der Waals surface area contributed by atoms with Crippen LogP contribution in [0.5, 0.6) is 0 Å². The van der Waals surface area contributed by atoms with Crippen LogP contribution in [0, 0.1) is 0 Å². The summed E-state index contributed by atoms with van der Waals surface area (Å²) in [5.41, 5.74) is 8.28. The third-order valence-electron chi connectivity index (χ3n) is 4.71. The lowest BCUT2D eigenvalue weighted by Gasteiger charge is -2.11. The van der Waals surface area contributed by atoms with Crippen LogP contribution in [0.4, 0.5) is 23.8 Å². The molecule has 0 atom stereocenters. The van der Waals surface area contributed by atoms with Gasteiger partial charge in [0.1, 0.15) is 11.3 Å². The molecule has 0 aliphatic heterocycles. The Morgan fingerprint density at radius 3 is 2.66 bits per heavy atom. The Balaban J connectivity index is 1.71. The van der Waals surface area contributed by atoms with E-state index in [4.69, 9.17) is 10.5 Å². The number of amides is 1. The number of unbranched alkanes of at least 4 members (excludes halogenated alkanes) is 1. The number of carbonyl (C=O) groups is 2. The fraction of sp³-hybridized carbons (Fsp3) is 0.400. The van der Waals surface area contributed by atoms with Gasteiger partial charge in [0.05, 0.1) is 17.6 Å². The molecule has 0 saturated carbocycles. The first-order valence-electron chi connectivity index (χ1n) is 9.81. The number of benzene rings is 1. The number of ether oxygens (including phenoxy) is 2. The lowest BCUT2D eigenvalue weighted by Crippen LogP contribution is -2.34. The van der Waals surface area contributed by atoms with Crippen LogP contribution in [0.25, 0.3) is 21.9 Å². The Hall–Kier alpha value is -3.41. The molecule has 172 valence electrons. The lowest BCUT2D eigenvalue weighted by atomic mass is 10.2. The molecule has 2 heterocycles. The van der Waals surface area contributed by atoms with Crippen molar-refractivity contribution >= 4 is 39.8 Å². The molecule has 2 aromatic heterocycles. The van der Waals surface area contributed by atoms with Crippen LogP contribution in [0.15, 0.2) is 24.3 Å². The summed E-state index contributed by atoms with van der Waals surface area (Å²) in [5, 5.41) is 3.02. The number of nitrogens with zero attached hydrogens (tertiary/aromatic N) is 3. The zero-order valence-corrected chi connectivity index (χ0v) is 17.2. The maximum atomic E-state index is 12.1. The van der Waals surface area contributed by atoms with E-state index >= 15 is 0 Å². The van der Waals surface area contributed by atoms with Crippen LogP contribution in [-0.4, -0.2) is 53.0 Å². The average molecular weight is 453 g/mol. The number of imidazole rings is 1. The molecule has 0 radical (unpaired) electrons. The maximum absolute atomic E-state index is 12.1. The minimum Gasteiger partial charge on any atom is -0.384 e. The predicted molar refractivity (Wildman–Crippen MR) is 110 cm³/mol. The van der Waals surface area contributed by atoms with Crippen molar-refractivity contribution < 1.29 is 32.2 Å². The Morgan fingerprint density at radius 2 is 1.94 bits per heavy atom. The number of aromatic nitrogens is 3. The molecule has 3 aromatic rings. The topological polar surface area (TPSA) is 121 Å². The number of hydrogen-bond donors (Lipinski definition) is 2. The molecular weight excluding hydrogens is 431 g/mol. The molecule has 0 aliphatic carbocycles. The Morgan fingerprint density at radius 1 is 1.19 bits per heavy atom. The first kappa shape index (κ1) is 23.3. The van der Waals surface area contributed by atoms with Crippen molar-refractivity contribution in [2.45, 2.75) is 32.0 Å². The van der Waals surface area contributed by atoms with Gasteiger partial charge in [0.15, 0.2) is 5.82 Å². The average Bonchev–Trinajstić information content (AvgIpc) is 3.10. The Bertz CT molecular complexity index is 1130. The van der Waals surface area contributed by atoms with E-state index in [0.29, 0.717) is 43.7 Å². The van der Waals surface area contributed by atoms with Crippen LogP contribution in [-0.2, 0) is 27.2 Å². The van der Waals surface area contributed by atoms with Crippen molar-refractivity contribution in [3.63, 3.8) is 0 Å². The minimum absolute atomic E-state index is 0.0362. The smallest absolute Gasteiger partial charge is 0.384 e. The number of esters is 1. The zero-order chi connectivity index (χ0) is 23.3. The highest BCUT2D eigenvalue weighted by Gasteiger charge is 2.42. The SMILES string of the molecule is COCCc1nc2c(N)nc3ccccc3c2n1CCCCNC(=O)OC(=O)C(F)(F)F. The number of alkyl halides is 3. The third kappa shape index (κ3) is 5.25. The van der Waals surface area contributed by atoms with Gasteiger partial charge in [-0.05, 0) is 18.9 Å². The zero-order valence-electron chi connectivity index (χ0n) is 17.2. The summed E-state index contributed by atoms with van der Waals surface area (Å²) in [4.78, 5) is 31.0. The molecule has 0 spiro atoms. The molecule has 0 unspecified atom stereocenters. The van der Waals surface area contributed by atoms with Crippen molar-refractivity contribution in [3.8, 4) is 0 Å². The van der Waals surface area contributed by atoms with Crippen LogP contribution in [0.3, 0.4) is 0 Å². The van der Waals surface area contributed by atoms with Gasteiger partial charge in [-0.1, -0.05) is 18.2 Å². The number of nitrogen functional groups attached to an aromatic ring is 1. The largest absolute Gasteiger partial charge is 0.491 e. The number of pyridine rings is 1. The van der Waals surface area contributed by atoms with Crippen molar-refractivity contribution in [2.75, 3.05) is 26.0 Å². The second-order valence-electron chi connectivity index (χ2n) is 6.94. The van der Waals surface area contributed by atoms with Crippen molar-refractivity contribution in [1.29, 1.82) is 0 Å². The van der Waals surface area contributed by atoms with Crippen molar-refractivity contribution in [1.82, 2.24) is 19.9 Å². The molecular formula is C20H22F3N5O4. The molecule has 1 aromatic carbocycles. The third-order valence-corrected chi connectivity index (χ3v) is 4.71. The monoisotopic (exact) mass is 453 g/mol. The number of anilines is 1. The van der Waals surface area contributed by atoms with E-state index in [2.05, 4.69) is 20.0 Å². The number of nitrogens with one attached hydrogen (secondary N) is 1. The van der Waals surface area contributed by atoms with Gasteiger partial charge in [-0.2, -0.15) is 13.2 Å². The van der Waals surface area contributed by atoms with Gasteiger partial charge in [-0.25, -0.2) is 19.6 Å². The van der Waals surface area contributed by atoms with Gasteiger partial charge in [0.2, 0.25) is 0 Å². The van der Waals surface area contributed by atoms with E-state index in [9.17, 15) is 22.8 Å². The van der Waals surface area contributed by atoms with E-state index < -0.39 is 18.2 Å². The van der Waals surface area contributed by atoms with Gasteiger partial charge in [0.25, 0.3) is 0 Å². The summed E-state index contributed by atoms with van der Waals surface area (Å²) in [7, 11) is 1.59. The van der Waals surface area contributed by atoms with Crippen LogP contribution >= 0.6 is 0 Å². The molecule has 32 heavy (non-hydrogen) atoms. The quantitative estimate of drug-likeness (QED) is 0.306.